The Kier molecular flexibility index (Phi) is 2.72. The van der Waals surface area contributed by atoms with Crippen LogP contribution in [0.3, 0.4) is 0 Å². The van der Waals surface area contributed by atoms with Crippen LogP contribution in [0.4, 0.5) is 5.69 Å². The number of benzene rings is 2. The van der Waals surface area contributed by atoms with Crippen molar-refractivity contribution >= 4 is 5.69 Å². The first-order valence-electron chi connectivity index (χ1n) is 5.14. The minimum Gasteiger partial charge on any atom is -0.399 e. The minimum absolute atomic E-state index is 0.867. The van der Waals surface area contributed by atoms with Crippen LogP contribution in [0.25, 0.3) is 0 Å². The van der Waals surface area contributed by atoms with Crippen molar-refractivity contribution in [2.45, 2.75) is 13.3 Å². The van der Waals surface area contributed by atoms with E-state index in [1.165, 1.54) is 11.1 Å². The zero-order valence-electron chi connectivity index (χ0n) is 8.90. The van der Waals surface area contributed by atoms with E-state index in [1.54, 1.807) is 0 Å². The fourth-order valence-electron chi connectivity index (χ4n) is 1.68. The summed E-state index contributed by atoms with van der Waals surface area (Å²) in [6, 6.07) is 16.7. The van der Waals surface area contributed by atoms with Crippen LogP contribution in [-0.4, -0.2) is 0 Å². The zero-order chi connectivity index (χ0) is 10.7. The van der Waals surface area contributed by atoms with E-state index in [4.69, 9.17) is 5.73 Å². The van der Waals surface area contributed by atoms with Gasteiger partial charge in [0.2, 0.25) is 0 Å². The predicted octanol–water partition coefficient (Wildman–Crippen LogP) is 3.17. The van der Waals surface area contributed by atoms with Gasteiger partial charge in [-0.25, -0.2) is 0 Å². The van der Waals surface area contributed by atoms with Crippen molar-refractivity contribution < 1.29 is 0 Å². The number of hydrogen-bond donors (Lipinski definition) is 1. The van der Waals surface area contributed by atoms with Gasteiger partial charge in [0, 0.05) is 5.69 Å². The smallest absolute Gasteiger partial charge is 0.0343 e. The van der Waals surface area contributed by atoms with Crippen LogP contribution in [0.15, 0.2) is 48.5 Å². The topological polar surface area (TPSA) is 26.0 Å². The number of hydrogen-bond acceptors (Lipinski definition) is 1. The van der Waals surface area contributed by atoms with Gasteiger partial charge in [-0.1, -0.05) is 42.5 Å². The molecule has 0 spiro atoms. The molecule has 2 N–H and O–H groups in total. The number of nitrogens with two attached hydrogens (primary N) is 1. The van der Waals surface area contributed by atoms with Gasteiger partial charge < -0.3 is 5.73 Å². The van der Waals surface area contributed by atoms with Crippen molar-refractivity contribution in [3.63, 3.8) is 0 Å². The molecule has 0 fully saturated rings. The monoisotopic (exact) mass is 197 g/mol. The van der Waals surface area contributed by atoms with Gasteiger partial charge in [0.25, 0.3) is 0 Å². The van der Waals surface area contributed by atoms with E-state index >= 15 is 0 Å². The normalized spacial score (nSPS) is 10.2. The molecule has 0 radical (unpaired) electrons. The second-order valence-corrected chi connectivity index (χ2v) is 3.85. The first-order chi connectivity index (χ1) is 7.25. The van der Waals surface area contributed by atoms with Crippen molar-refractivity contribution in [2.75, 3.05) is 5.73 Å². The molecule has 0 heterocycles. The Morgan fingerprint density at radius 3 is 2.33 bits per heavy atom. The Bertz CT molecular complexity index is 446. The molecular formula is C14H15N. The largest absolute Gasteiger partial charge is 0.399 e. The lowest BCUT2D eigenvalue weighted by Crippen LogP contribution is -1.93. The lowest BCUT2D eigenvalue weighted by Gasteiger charge is -2.05. The summed E-state index contributed by atoms with van der Waals surface area (Å²) in [6.07, 6.45) is 0.974. The summed E-state index contributed by atoms with van der Waals surface area (Å²) in [5, 5.41) is 0. The summed E-state index contributed by atoms with van der Waals surface area (Å²) in [4.78, 5) is 0. The predicted molar refractivity (Wildman–Crippen MR) is 64.8 cm³/mol. The molecule has 0 unspecified atom stereocenters. The minimum atomic E-state index is 0.867. The van der Waals surface area contributed by atoms with Gasteiger partial charge in [-0.2, -0.15) is 0 Å². The SMILES string of the molecule is Cc1cc(Cc2ccccc2)ccc1N. The van der Waals surface area contributed by atoms with Crippen molar-refractivity contribution in [3.8, 4) is 0 Å². The Morgan fingerprint density at radius 2 is 1.67 bits per heavy atom. The lowest BCUT2D eigenvalue weighted by molar-refractivity contribution is 1.18. The van der Waals surface area contributed by atoms with E-state index in [0.29, 0.717) is 0 Å². The van der Waals surface area contributed by atoms with Gasteiger partial charge in [-0.05, 0) is 36.1 Å². The molecule has 0 aromatic heterocycles. The number of anilines is 1. The van der Waals surface area contributed by atoms with Crippen molar-refractivity contribution in [2.24, 2.45) is 0 Å². The third kappa shape index (κ3) is 2.38. The van der Waals surface area contributed by atoms with Crippen molar-refractivity contribution in [1.82, 2.24) is 0 Å². The molecule has 0 aliphatic carbocycles. The fraction of sp³-hybridized carbons (Fsp3) is 0.143. The van der Waals surface area contributed by atoms with Crippen LogP contribution in [0.2, 0.25) is 0 Å². The average Bonchev–Trinajstić information content (AvgIpc) is 2.25. The highest BCUT2D eigenvalue weighted by atomic mass is 14.5. The molecule has 0 amide bonds. The quantitative estimate of drug-likeness (QED) is 0.735. The molecule has 2 aromatic rings. The highest BCUT2D eigenvalue weighted by Crippen LogP contribution is 2.15. The molecular weight excluding hydrogens is 182 g/mol. The Morgan fingerprint density at radius 1 is 0.933 bits per heavy atom. The maximum atomic E-state index is 5.78. The molecule has 1 nitrogen and oxygen atoms in total. The summed E-state index contributed by atoms with van der Waals surface area (Å²) in [6.45, 7) is 2.05. The van der Waals surface area contributed by atoms with Crippen molar-refractivity contribution in [1.29, 1.82) is 0 Å². The number of rotatable bonds is 2. The van der Waals surface area contributed by atoms with Gasteiger partial charge in [-0.3, -0.25) is 0 Å². The van der Waals surface area contributed by atoms with Crippen LogP contribution in [-0.2, 0) is 6.42 Å². The van der Waals surface area contributed by atoms with Crippen LogP contribution < -0.4 is 5.73 Å². The van der Waals surface area contributed by atoms with Gasteiger partial charge in [0.15, 0.2) is 0 Å². The molecule has 0 saturated heterocycles. The molecule has 1 heteroatoms. The molecule has 15 heavy (non-hydrogen) atoms. The Hall–Kier alpha value is -1.76. The number of aryl methyl sites for hydroxylation is 1. The van der Waals surface area contributed by atoms with E-state index in [9.17, 15) is 0 Å². The van der Waals surface area contributed by atoms with Gasteiger partial charge >= 0.3 is 0 Å². The van der Waals surface area contributed by atoms with E-state index in [-0.39, 0.29) is 0 Å². The van der Waals surface area contributed by atoms with Crippen LogP contribution in [0.5, 0.6) is 0 Å². The summed E-state index contributed by atoms with van der Waals surface area (Å²) in [5.74, 6) is 0. The molecule has 76 valence electrons. The standard InChI is InChI=1S/C14H15N/c1-11-9-13(7-8-14(11)15)10-12-5-3-2-4-6-12/h2-9H,10,15H2,1H3. The third-order valence-electron chi connectivity index (χ3n) is 2.59. The molecule has 0 aliphatic heterocycles. The van der Waals surface area contributed by atoms with E-state index in [1.807, 2.05) is 19.1 Å². The molecule has 0 atom stereocenters. The second kappa shape index (κ2) is 4.18. The van der Waals surface area contributed by atoms with Crippen LogP contribution in [0.1, 0.15) is 16.7 Å². The Labute approximate surface area is 90.6 Å². The average molecular weight is 197 g/mol. The molecule has 0 aliphatic rings. The zero-order valence-corrected chi connectivity index (χ0v) is 8.90. The van der Waals surface area contributed by atoms with Gasteiger partial charge in [0.1, 0.15) is 0 Å². The fourth-order valence-corrected chi connectivity index (χ4v) is 1.68. The number of nitrogen functional groups attached to an aromatic ring is 1. The first kappa shape index (κ1) is 9.78. The van der Waals surface area contributed by atoms with Crippen LogP contribution in [0, 0.1) is 6.92 Å². The lowest BCUT2D eigenvalue weighted by atomic mass is 10.0. The van der Waals surface area contributed by atoms with Crippen molar-refractivity contribution in [3.05, 3.63) is 65.2 Å². The highest BCUT2D eigenvalue weighted by Gasteiger charge is 1.98. The summed E-state index contributed by atoms with van der Waals surface area (Å²) < 4.78 is 0. The van der Waals surface area contributed by atoms with E-state index in [0.717, 1.165) is 17.7 Å². The maximum Gasteiger partial charge on any atom is 0.0343 e. The first-order valence-corrected chi connectivity index (χ1v) is 5.14. The third-order valence-corrected chi connectivity index (χ3v) is 2.59. The van der Waals surface area contributed by atoms with Gasteiger partial charge in [0.05, 0.1) is 0 Å². The van der Waals surface area contributed by atoms with Gasteiger partial charge in [-0.15, -0.1) is 0 Å². The molecule has 2 rings (SSSR count). The second-order valence-electron chi connectivity index (χ2n) is 3.85. The summed E-state index contributed by atoms with van der Waals surface area (Å²) in [7, 11) is 0. The van der Waals surface area contributed by atoms with Crippen LogP contribution >= 0.6 is 0 Å². The molecule has 0 saturated carbocycles. The highest BCUT2D eigenvalue weighted by molar-refractivity contribution is 5.48. The summed E-state index contributed by atoms with van der Waals surface area (Å²) in [5.41, 5.74) is 10.5. The van der Waals surface area contributed by atoms with E-state index < -0.39 is 0 Å². The molecule has 0 bridgehead atoms. The maximum absolute atomic E-state index is 5.78. The van der Waals surface area contributed by atoms with E-state index in [2.05, 4.69) is 36.4 Å². The Balaban J connectivity index is 2.22. The molecule has 2 aromatic carbocycles. The summed E-state index contributed by atoms with van der Waals surface area (Å²) >= 11 is 0.